The first-order chi connectivity index (χ1) is 6.86. The van der Waals surface area contributed by atoms with Crippen molar-refractivity contribution in [3.05, 3.63) is 40.6 Å². The van der Waals surface area contributed by atoms with Crippen LogP contribution in [0.2, 0.25) is 0 Å². The number of benzene rings is 1. The number of pyridine rings is 1. The van der Waals surface area contributed by atoms with Crippen LogP contribution >= 0.6 is 15.9 Å². The summed E-state index contributed by atoms with van der Waals surface area (Å²) in [7, 11) is 0. The van der Waals surface area contributed by atoms with E-state index in [4.69, 9.17) is 0 Å². The Labute approximate surface area is 90.5 Å². The minimum Gasteiger partial charge on any atom is -0.307 e. The number of halogens is 1. The second-order valence-corrected chi connectivity index (χ2v) is 4.26. The Bertz CT molecular complexity index is 492. The summed E-state index contributed by atoms with van der Waals surface area (Å²) in [5.74, 6) is 0. The van der Waals surface area contributed by atoms with E-state index in [1.54, 1.807) is 0 Å². The molecule has 1 fully saturated rings. The molecule has 2 heterocycles. The average molecular weight is 249 g/mol. The normalized spacial score (nSPS) is 19.9. The summed E-state index contributed by atoms with van der Waals surface area (Å²) in [6, 6.07) is 8.99. The van der Waals surface area contributed by atoms with Crippen molar-refractivity contribution in [1.29, 1.82) is 0 Å². The van der Waals surface area contributed by atoms with E-state index in [0.29, 0.717) is 6.04 Å². The number of fused-ring (bicyclic) bond motifs is 1. The zero-order valence-electron chi connectivity index (χ0n) is 7.50. The SMILES string of the molecule is Brc1nccc2c(C3CN3)cccc12. The molecule has 3 rings (SSSR count). The predicted octanol–water partition coefficient (Wildman–Crippen LogP) is 2.64. The van der Waals surface area contributed by atoms with Crippen molar-refractivity contribution < 1.29 is 0 Å². The van der Waals surface area contributed by atoms with Gasteiger partial charge in [-0.05, 0) is 32.9 Å². The smallest absolute Gasteiger partial charge is 0.113 e. The molecular formula is C11H9BrN2. The van der Waals surface area contributed by atoms with E-state index in [0.717, 1.165) is 11.1 Å². The molecule has 0 bridgehead atoms. The van der Waals surface area contributed by atoms with Gasteiger partial charge in [-0.25, -0.2) is 4.98 Å². The van der Waals surface area contributed by atoms with Gasteiger partial charge >= 0.3 is 0 Å². The average Bonchev–Trinajstić information content (AvgIpc) is 3.01. The molecule has 70 valence electrons. The van der Waals surface area contributed by atoms with Crippen LogP contribution in [-0.4, -0.2) is 11.5 Å². The fraction of sp³-hybridized carbons (Fsp3) is 0.182. The van der Waals surface area contributed by atoms with Gasteiger partial charge in [0.2, 0.25) is 0 Å². The first kappa shape index (κ1) is 8.38. The summed E-state index contributed by atoms with van der Waals surface area (Å²) in [4.78, 5) is 4.22. The van der Waals surface area contributed by atoms with Crippen LogP contribution in [-0.2, 0) is 0 Å². The Morgan fingerprint density at radius 1 is 1.29 bits per heavy atom. The number of rotatable bonds is 1. The molecule has 1 saturated heterocycles. The lowest BCUT2D eigenvalue weighted by Crippen LogP contribution is -1.88. The maximum Gasteiger partial charge on any atom is 0.113 e. The predicted molar refractivity (Wildman–Crippen MR) is 60.2 cm³/mol. The molecule has 0 aliphatic carbocycles. The van der Waals surface area contributed by atoms with Crippen molar-refractivity contribution in [2.75, 3.05) is 6.54 Å². The highest BCUT2D eigenvalue weighted by atomic mass is 79.9. The van der Waals surface area contributed by atoms with Crippen LogP contribution in [0.15, 0.2) is 35.1 Å². The zero-order valence-corrected chi connectivity index (χ0v) is 9.08. The van der Waals surface area contributed by atoms with E-state index < -0.39 is 0 Å². The minimum absolute atomic E-state index is 0.549. The monoisotopic (exact) mass is 248 g/mol. The summed E-state index contributed by atoms with van der Waals surface area (Å²) in [5, 5.41) is 5.82. The van der Waals surface area contributed by atoms with Gasteiger partial charge < -0.3 is 5.32 Å². The van der Waals surface area contributed by atoms with Crippen LogP contribution < -0.4 is 5.32 Å². The largest absolute Gasteiger partial charge is 0.307 e. The van der Waals surface area contributed by atoms with Crippen LogP contribution in [0.4, 0.5) is 0 Å². The third-order valence-corrected chi connectivity index (χ3v) is 3.21. The highest BCUT2D eigenvalue weighted by Crippen LogP contribution is 2.31. The fourth-order valence-electron chi connectivity index (χ4n) is 1.78. The van der Waals surface area contributed by atoms with Crippen molar-refractivity contribution in [3.8, 4) is 0 Å². The van der Waals surface area contributed by atoms with Crippen molar-refractivity contribution in [3.63, 3.8) is 0 Å². The van der Waals surface area contributed by atoms with E-state index >= 15 is 0 Å². The molecule has 0 saturated carbocycles. The lowest BCUT2D eigenvalue weighted by atomic mass is 10.0. The number of aromatic nitrogens is 1. The van der Waals surface area contributed by atoms with Gasteiger partial charge in [-0.2, -0.15) is 0 Å². The summed E-state index contributed by atoms with van der Waals surface area (Å²) >= 11 is 3.47. The second-order valence-electron chi connectivity index (χ2n) is 3.50. The van der Waals surface area contributed by atoms with E-state index in [2.05, 4.69) is 50.5 Å². The van der Waals surface area contributed by atoms with E-state index in [1.807, 2.05) is 6.20 Å². The van der Waals surface area contributed by atoms with E-state index in [9.17, 15) is 0 Å². The van der Waals surface area contributed by atoms with Gasteiger partial charge in [0.05, 0.1) is 0 Å². The number of nitrogens with zero attached hydrogens (tertiary/aromatic N) is 1. The van der Waals surface area contributed by atoms with Crippen molar-refractivity contribution >= 4 is 26.7 Å². The fourth-order valence-corrected chi connectivity index (χ4v) is 2.24. The van der Waals surface area contributed by atoms with Crippen molar-refractivity contribution in [2.24, 2.45) is 0 Å². The molecule has 2 aromatic rings. The highest BCUT2D eigenvalue weighted by Gasteiger charge is 2.24. The number of hydrogen-bond donors (Lipinski definition) is 1. The second kappa shape index (κ2) is 3.04. The molecule has 1 aliphatic heterocycles. The molecule has 1 atom stereocenters. The molecule has 1 unspecified atom stereocenters. The van der Waals surface area contributed by atoms with Crippen LogP contribution in [0.5, 0.6) is 0 Å². The molecule has 1 aromatic carbocycles. The van der Waals surface area contributed by atoms with E-state index in [1.165, 1.54) is 16.3 Å². The number of nitrogens with one attached hydrogen (secondary N) is 1. The molecule has 14 heavy (non-hydrogen) atoms. The molecule has 1 aromatic heterocycles. The first-order valence-electron chi connectivity index (χ1n) is 4.63. The standard InChI is InChI=1S/C11H9BrN2/c12-11-9-3-1-2-8(10-6-14-10)7(9)4-5-13-11/h1-5,10,14H,6H2. The molecular weight excluding hydrogens is 240 g/mol. The summed E-state index contributed by atoms with van der Waals surface area (Å²) in [6.07, 6.45) is 1.85. The van der Waals surface area contributed by atoms with Gasteiger partial charge in [-0.15, -0.1) is 0 Å². The highest BCUT2D eigenvalue weighted by molar-refractivity contribution is 9.10. The maximum atomic E-state index is 4.22. The maximum absolute atomic E-state index is 4.22. The Morgan fingerprint density at radius 2 is 2.14 bits per heavy atom. The first-order valence-corrected chi connectivity index (χ1v) is 5.42. The van der Waals surface area contributed by atoms with Gasteiger partial charge in [-0.3, -0.25) is 0 Å². The Kier molecular flexibility index (Phi) is 1.82. The van der Waals surface area contributed by atoms with Crippen LogP contribution in [0.1, 0.15) is 11.6 Å². The zero-order chi connectivity index (χ0) is 9.54. The van der Waals surface area contributed by atoms with Gasteiger partial charge in [0.1, 0.15) is 4.60 Å². The molecule has 2 nitrogen and oxygen atoms in total. The van der Waals surface area contributed by atoms with Gasteiger partial charge in [-0.1, -0.05) is 18.2 Å². The van der Waals surface area contributed by atoms with Crippen molar-refractivity contribution in [2.45, 2.75) is 6.04 Å². The summed E-state index contributed by atoms with van der Waals surface area (Å²) in [6.45, 7) is 1.10. The molecule has 0 radical (unpaired) electrons. The number of hydrogen-bond acceptors (Lipinski definition) is 2. The molecule has 1 N–H and O–H groups in total. The van der Waals surface area contributed by atoms with E-state index in [-0.39, 0.29) is 0 Å². The third-order valence-electron chi connectivity index (χ3n) is 2.57. The molecule has 1 aliphatic rings. The lowest BCUT2D eigenvalue weighted by molar-refractivity contribution is 1.09. The van der Waals surface area contributed by atoms with Gasteiger partial charge in [0.15, 0.2) is 0 Å². The molecule has 0 spiro atoms. The topological polar surface area (TPSA) is 34.8 Å². The Balaban J connectivity index is 2.35. The van der Waals surface area contributed by atoms with Crippen LogP contribution in [0, 0.1) is 0 Å². The van der Waals surface area contributed by atoms with Crippen LogP contribution in [0.3, 0.4) is 0 Å². The molecule has 0 amide bonds. The lowest BCUT2D eigenvalue weighted by Gasteiger charge is -2.04. The summed E-state index contributed by atoms with van der Waals surface area (Å²) < 4.78 is 0.928. The quantitative estimate of drug-likeness (QED) is 0.622. The Morgan fingerprint density at radius 3 is 2.93 bits per heavy atom. The van der Waals surface area contributed by atoms with Gasteiger partial charge in [0.25, 0.3) is 0 Å². The van der Waals surface area contributed by atoms with Gasteiger partial charge in [0, 0.05) is 24.2 Å². The summed E-state index contributed by atoms with van der Waals surface area (Å²) in [5.41, 5.74) is 1.38. The third kappa shape index (κ3) is 1.24. The Hall–Kier alpha value is -0.930. The van der Waals surface area contributed by atoms with Crippen molar-refractivity contribution in [1.82, 2.24) is 10.3 Å². The molecule has 3 heteroatoms. The van der Waals surface area contributed by atoms with Crippen LogP contribution in [0.25, 0.3) is 10.8 Å². The minimum atomic E-state index is 0.549.